The van der Waals surface area contributed by atoms with E-state index in [1.807, 2.05) is 0 Å². The highest BCUT2D eigenvalue weighted by Crippen LogP contribution is 2.24. The van der Waals surface area contributed by atoms with Crippen LogP contribution in [0.5, 0.6) is 0 Å². The lowest BCUT2D eigenvalue weighted by atomic mass is 9.99. The molecule has 1 fully saturated rings. The largest absolute Gasteiger partial charge is 0.463 e. The lowest BCUT2D eigenvalue weighted by Gasteiger charge is -2.40. The smallest absolute Gasteiger partial charge is 0.303 e. The van der Waals surface area contributed by atoms with Crippen LogP contribution in [0.2, 0.25) is 0 Å². The van der Waals surface area contributed by atoms with Crippen molar-refractivity contribution in [3.63, 3.8) is 0 Å². The molecule has 1 rings (SSSR count). The molecule has 4 atom stereocenters. The van der Waals surface area contributed by atoms with Gasteiger partial charge in [-0.2, -0.15) is 0 Å². The summed E-state index contributed by atoms with van der Waals surface area (Å²) in [4.78, 5) is 33.4. The monoisotopic (exact) mass is 304 g/mol. The molecule has 8 heteroatoms. The average Bonchev–Trinajstić information content (AvgIpc) is 2.37. The van der Waals surface area contributed by atoms with Crippen molar-refractivity contribution >= 4 is 17.9 Å². The fraction of sp³-hybridized carbons (Fsp3) is 0.769. The van der Waals surface area contributed by atoms with E-state index in [2.05, 4.69) is 0 Å². The minimum absolute atomic E-state index is 0.110. The zero-order valence-corrected chi connectivity index (χ0v) is 12.5. The van der Waals surface area contributed by atoms with Gasteiger partial charge in [0.15, 0.2) is 12.2 Å². The first kappa shape index (κ1) is 17.4. The number of ether oxygens (including phenoxy) is 5. The van der Waals surface area contributed by atoms with Gasteiger partial charge in [0, 0.05) is 27.9 Å². The molecule has 21 heavy (non-hydrogen) atoms. The summed E-state index contributed by atoms with van der Waals surface area (Å²) < 4.78 is 25.9. The lowest BCUT2D eigenvalue weighted by molar-refractivity contribution is -0.229. The summed E-state index contributed by atoms with van der Waals surface area (Å²) in [7, 11) is 1.43. The number of hydrogen-bond acceptors (Lipinski definition) is 8. The van der Waals surface area contributed by atoms with Gasteiger partial charge in [-0.1, -0.05) is 0 Å². The Morgan fingerprint density at radius 3 is 2.05 bits per heavy atom. The SMILES string of the molecule is COC1COC(COC(C)=O)C(OC(C)=O)C1OC(C)=O. The molecule has 1 heterocycles. The van der Waals surface area contributed by atoms with Crippen LogP contribution in [0.25, 0.3) is 0 Å². The minimum Gasteiger partial charge on any atom is -0.463 e. The maximum absolute atomic E-state index is 11.3. The molecule has 1 saturated heterocycles. The summed E-state index contributed by atoms with van der Waals surface area (Å²) in [6, 6.07) is 0. The molecule has 0 radical (unpaired) electrons. The predicted octanol–water partition coefficient (Wildman–Crippen LogP) is -0.173. The van der Waals surface area contributed by atoms with Gasteiger partial charge < -0.3 is 23.7 Å². The van der Waals surface area contributed by atoms with Gasteiger partial charge >= 0.3 is 17.9 Å². The number of methoxy groups -OCH3 is 1. The van der Waals surface area contributed by atoms with Crippen molar-refractivity contribution in [2.24, 2.45) is 0 Å². The summed E-state index contributed by atoms with van der Waals surface area (Å²) in [5, 5.41) is 0. The Balaban J connectivity index is 2.89. The average molecular weight is 304 g/mol. The number of carbonyl (C=O) groups is 3. The fourth-order valence-electron chi connectivity index (χ4n) is 2.05. The predicted molar refractivity (Wildman–Crippen MR) is 68.3 cm³/mol. The molecule has 1 aliphatic heterocycles. The Kier molecular flexibility index (Phi) is 6.57. The van der Waals surface area contributed by atoms with Crippen LogP contribution in [0.1, 0.15) is 20.8 Å². The van der Waals surface area contributed by atoms with Crippen molar-refractivity contribution in [3.8, 4) is 0 Å². The summed E-state index contributed by atoms with van der Waals surface area (Å²) in [6.07, 6.45) is -3.05. The van der Waals surface area contributed by atoms with Crippen molar-refractivity contribution in [2.45, 2.75) is 45.2 Å². The molecular weight excluding hydrogens is 284 g/mol. The van der Waals surface area contributed by atoms with Crippen molar-refractivity contribution in [1.29, 1.82) is 0 Å². The molecule has 0 aliphatic carbocycles. The highest BCUT2D eigenvalue weighted by molar-refractivity contribution is 5.67. The summed E-state index contributed by atoms with van der Waals surface area (Å²) in [5.41, 5.74) is 0. The van der Waals surface area contributed by atoms with E-state index in [9.17, 15) is 14.4 Å². The lowest BCUT2D eigenvalue weighted by Crippen LogP contribution is -2.58. The van der Waals surface area contributed by atoms with Gasteiger partial charge in [-0.05, 0) is 0 Å². The minimum atomic E-state index is -0.913. The second-order valence-electron chi connectivity index (χ2n) is 4.60. The van der Waals surface area contributed by atoms with Crippen LogP contribution in [-0.4, -0.2) is 62.6 Å². The highest BCUT2D eigenvalue weighted by atomic mass is 16.6. The summed E-state index contributed by atoms with van der Waals surface area (Å²) >= 11 is 0. The first-order valence-electron chi connectivity index (χ1n) is 6.47. The van der Waals surface area contributed by atoms with Gasteiger partial charge in [0.25, 0.3) is 0 Å². The third kappa shape index (κ3) is 5.31. The molecular formula is C13H20O8. The van der Waals surface area contributed by atoms with Gasteiger partial charge in [-0.3, -0.25) is 14.4 Å². The Bertz CT molecular complexity index is 394. The van der Waals surface area contributed by atoms with Crippen molar-refractivity contribution in [3.05, 3.63) is 0 Å². The van der Waals surface area contributed by atoms with Crippen LogP contribution in [0.3, 0.4) is 0 Å². The Hall–Kier alpha value is -1.67. The summed E-state index contributed by atoms with van der Waals surface area (Å²) in [6.45, 7) is 3.74. The molecule has 0 spiro atoms. The second-order valence-corrected chi connectivity index (χ2v) is 4.60. The third-order valence-electron chi connectivity index (χ3n) is 2.89. The Morgan fingerprint density at radius 1 is 1.00 bits per heavy atom. The molecule has 0 N–H and O–H groups in total. The molecule has 0 amide bonds. The van der Waals surface area contributed by atoms with E-state index < -0.39 is 42.3 Å². The second kappa shape index (κ2) is 7.94. The van der Waals surface area contributed by atoms with Crippen LogP contribution >= 0.6 is 0 Å². The third-order valence-corrected chi connectivity index (χ3v) is 2.89. The molecule has 0 aromatic carbocycles. The Labute approximate surface area is 122 Å². The topological polar surface area (TPSA) is 97.4 Å². The molecule has 120 valence electrons. The summed E-state index contributed by atoms with van der Waals surface area (Å²) in [5.74, 6) is -1.59. The van der Waals surface area contributed by atoms with E-state index in [-0.39, 0.29) is 13.2 Å². The van der Waals surface area contributed by atoms with Crippen molar-refractivity contribution in [1.82, 2.24) is 0 Å². The van der Waals surface area contributed by atoms with Gasteiger partial charge in [0.2, 0.25) is 0 Å². The van der Waals surface area contributed by atoms with E-state index in [1.165, 1.54) is 27.9 Å². The van der Waals surface area contributed by atoms with Gasteiger partial charge in [0.1, 0.15) is 18.8 Å². The number of carbonyl (C=O) groups excluding carboxylic acids is 3. The molecule has 0 aromatic heterocycles. The quantitative estimate of drug-likeness (QED) is 0.510. The molecule has 4 unspecified atom stereocenters. The van der Waals surface area contributed by atoms with E-state index in [0.29, 0.717) is 0 Å². The number of rotatable bonds is 5. The standard InChI is InChI=1S/C13H20O8/c1-7(14)18-6-11-13(21-9(3)16)12(20-8(2)15)10(17-4)5-19-11/h10-13H,5-6H2,1-4H3. The van der Waals surface area contributed by atoms with Crippen LogP contribution in [0.4, 0.5) is 0 Å². The highest BCUT2D eigenvalue weighted by Gasteiger charge is 2.45. The van der Waals surface area contributed by atoms with Crippen LogP contribution in [0.15, 0.2) is 0 Å². The molecule has 0 bridgehead atoms. The van der Waals surface area contributed by atoms with Crippen LogP contribution in [-0.2, 0) is 38.1 Å². The van der Waals surface area contributed by atoms with E-state index in [4.69, 9.17) is 23.7 Å². The van der Waals surface area contributed by atoms with Crippen LogP contribution < -0.4 is 0 Å². The molecule has 0 aromatic rings. The number of esters is 3. The van der Waals surface area contributed by atoms with Crippen LogP contribution in [0, 0.1) is 0 Å². The molecule has 1 aliphatic rings. The van der Waals surface area contributed by atoms with Crippen molar-refractivity contribution < 1.29 is 38.1 Å². The molecule has 0 saturated carbocycles. The maximum atomic E-state index is 11.3. The van der Waals surface area contributed by atoms with E-state index >= 15 is 0 Å². The van der Waals surface area contributed by atoms with E-state index in [0.717, 1.165) is 0 Å². The maximum Gasteiger partial charge on any atom is 0.303 e. The first-order valence-corrected chi connectivity index (χ1v) is 6.47. The molecule has 8 nitrogen and oxygen atoms in total. The van der Waals surface area contributed by atoms with E-state index in [1.54, 1.807) is 0 Å². The van der Waals surface area contributed by atoms with Gasteiger partial charge in [-0.25, -0.2) is 0 Å². The zero-order valence-electron chi connectivity index (χ0n) is 12.5. The van der Waals surface area contributed by atoms with Crippen molar-refractivity contribution in [2.75, 3.05) is 20.3 Å². The zero-order chi connectivity index (χ0) is 16.0. The number of hydrogen-bond donors (Lipinski definition) is 0. The van der Waals surface area contributed by atoms with Gasteiger partial charge in [0.05, 0.1) is 6.61 Å². The van der Waals surface area contributed by atoms with Gasteiger partial charge in [-0.15, -0.1) is 0 Å². The first-order chi connectivity index (χ1) is 9.85. The normalized spacial score (nSPS) is 28.6. The Morgan fingerprint density at radius 2 is 1.57 bits per heavy atom. The fourth-order valence-corrected chi connectivity index (χ4v) is 2.05.